The van der Waals surface area contributed by atoms with Gasteiger partial charge < -0.3 is 24.4 Å². The number of phenols is 1. The van der Waals surface area contributed by atoms with E-state index in [4.69, 9.17) is 14.2 Å². The summed E-state index contributed by atoms with van der Waals surface area (Å²) in [6, 6.07) is 3.29. The van der Waals surface area contributed by atoms with Gasteiger partial charge in [-0.25, -0.2) is 4.79 Å². The number of hydrogen-bond acceptors (Lipinski definition) is 6. The van der Waals surface area contributed by atoms with Gasteiger partial charge in [0, 0.05) is 6.08 Å². The van der Waals surface area contributed by atoms with E-state index in [9.17, 15) is 15.0 Å². The van der Waals surface area contributed by atoms with Gasteiger partial charge in [0.1, 0.15) is 12.4 Å². The summed E-state index contributed by atoms with van der Waals surface area (Å²) in [5, 5.41) is 19.1. The molecule has 0 unspecified atom stereocenters. The molecule has 0 saturated heterocycles. The number of carbonyl (C=O) groups excluding carboxylic acids is 1. The van der Waals surface area contributed by atoms with Gasteiger partial charge in [0.05, 0.1) is 14.2 Å². The number of esters is 1. The van der Waals surface area contributed by atoms with Crippen molar-refractivity contribution in [1.82, 2.24) is 0 Å². The van der Waals surface area contributed by atoms with E-state index in [-0.39, 0.29) is 24.0 Å². The molecule has 1 atom stereocenters. The predicted molar refractivity (Wildman–Crippen MR) is 98.3 cm³/mol. The minimum Gasteiger partial charge on any atom is -0.508 e. The number of rotatable bonds is 7. The fourth-order valence-electron chi connectivity index (χ4n) is 2.34. The summed E-state index contributed by atoms with van der Waals surface area (Å²) in [6.45, 7) is 0.107. The van der Waals surface area contributed by atoms with Gasteiger partial charge in [-0.2, -0.15) is 0 Å². The summed E-state index contributed by atoms with van der Waals surface area (Å²) in [7, 11) is 2.91. The van der Waals surface area contributed by atoms with Gasteiger partial charge in [0.25, 0.3) is 0 Å². The van der Waals surface area contributed by atoms with Crippen LogP contribution >= 0.6 is 0 Å². The predicted octanol–water partition coefficient (Wildman–Crippen LogP) is 3.54. The Hall–Kier alpha value is -3.15. The third kappa shape index (κ3) is 5.44. The van der Waals surface area contributed by atoms with Crippen molar-refractivity contribution in [1.29, 1.82) is 0 Å². The van der Waals surface area contributed by atoms with E-state index in [1.807, 2.05) is 6.08 Å². The van der Waals surface area contributed by atoms with Crippen molar-refractivity contribution in [2.45, 2.75) is 6.42 Å². The van der Waals surface area contributed by atoms with E-state index in [1.165, 1.54) is 20.3 Å². The minimum absolute atomic E-state index is 0.0661. The van der Waals surface area contributed by atoms with Crippen LogP contribution in [0.1, 0.15) is 12.0 Å². The second-order valence-electron chi connectivity index (χ2n) is 5.55. The number of ether oxygens (including phenoxy) is 3. The summed E-state index contributed by atoms with van der Waals surface area (Å²) in [5.41, 5.74) is 0.738. The number of benzene rings is 1. The summed E-state index contributed by atoms with van der Waals surface area (Å²) < 4.78 is 15.3. The smallest absolute Gasteiger partial charge is 0.330 e. The van der Waals surface area contributed by atoms with Gasteiger partial charge in [-0.15, -0.1) is 0 Å². The molecule has 1 aromatic carbocycles. The quantitative estimate of drug-likeness (QED) is 0.573. The van der Waals surface area contributed by atoms with E-state index in [0.717, 1.165) is 5.56 Å². The van der Waals surface area contributed by atoms with Crippen LogP contribution in [0.15, 0.2) is 54.3 Å². The van der Waals surface area contributed by atoms with Crippen LogP contribution in [0.5, 0.6) is 17.2 Å². The van der Waals surface area contributed by atoms with E-state index in [2.05, 4.69) is 0 Å². The van der Waals surface area contributed by atoms with Crippen LogP contribution in [-0.4, -0.2) is 37.0 Å². The highest BCUT2D eigenvalue weighted by Crippen LogP contribution is 2.37. The summed E-state index contributed by atoms with van der Waals surface area (Å²) in [5.74, 6) is 0.399. The molecule has 0 amide bonds. The monoisotopic (exact) mass is 358 g/mol. The van der Waals surface area contributed by atoms with E-state index in [1.54, 1.807) is 42.5 Å². The Kier molecular flexibility index (Phi) is 6.91. The SMILES string of the molecule is COc1cc(/C=C/COC(=O)/C=C/[C@@H]2C=CC(O)=CC2)cc(OC)c1O. The molecule has 0 aromatic heterocycles. The van der Waals surface area contributed by atoms with Gasteiger partial charge in [0.15, 0.2) is 11.5 Å². The van der Waals surface area contributed by atoms with E-state index in [0.29, 0.717) is 17.9 Å². The molecule has 2 rings (SSSR count). The number of aliphatic hydroxyl groups excluding tert-OH is 1. The zero-order valence-electron chi connectivity index (χ0n) is 14.7. The highest BCUT2D eigenvalue weighted by atomic mass is 16.5. The zero-order valence-corrected chi connectivity index (χ0v) is 14.7. The molecule has 0 spiro atoms. The number of carbonyl (C=O) groups is 1. The molecule has 6 heteroatoms. The van der Waals surface area contributed by atoms with Crippen LogP contribution in [0, 0.1) is 5.92 Å². The number of allylic oxidation sites excluding steroid dienone is 4. The van der Waals surface area contributed by atoms with Crippen LogP contribution in [0.2, 0.25) is 0 Å². The Morgan fingerprint density at radius 3 is 2.50 bits per heavy atom. The second-order valence-corrected chi connectivity index (χ2v) is 5.55. The molecule has 0 heterocycles. The molecule has 1 aliphatic carbocycles. The molecule has 26 heavy (non-hydrogen) atoms. The van der Waals surface area contributed by atoms with Crippen LogP contribution < -0.4 is 9.47 Å². The van der Waals surface area contributed by atoms with Gasteiger partial charge in [-0.1, -0.05) is 18.2 Å². The van der Waals surface area contributed by atoms with Gasteiger partial charge in [-0.05, 0) is 48.3 Å². The number of phenolic OH excluding ortho intramolecular Hbond substituents is 1. The molecular formula is C20H22O6. The molecule has 0 bridgehead atoms. The van der Waals surface area contributed by atoms with Crippen LogP contribution in [0.4, 0.5) is 0 Å². The first-order valence-corrected chi connectivity index (χ1v) is 8.07. The largest absolute Gasteiger partial charge is 0.508 e. The molecule has 0 saturated carbocycles. The van der Waals surface area contributed by atoms with Gasteiger partial charge >= 0.3 is 5.97 Å². The Bertz CT molecular complexity index is 733. The second kappa shape index (κ2) is 9.36. The molecule has 138 valence electrons. The lowest BCUT2D eigenvalue weighted by Crippen LogP contribution is -2.02. The lowest BCUT2D eigenvalue weighted by Gasteiger charge is -2.09. The summed E-state index contributed by atoms with van der Waals surface area (Å²) >= 11 is 0. The third-order valence-electron chi connectivity index (χ3n) is 3.73. The first kappa shape index (κ1) is 19.2. The van der Waals surface area contributed by atoms with Crippen LogP contribution in [0.3, 0.4) is 0 Å². The summed E-state index contributed by atoms with van der Waals surface area (Å²) in [4.78, 5) is 11.7. The van der Waals surface area contributed by atoms with Crippen molar-refractivity contribution in [3.8, 4) is 17.2 Å². The average Bonchev–Trinajstić information content (AvgIpc) is 2.65. The molecule has 6 nitrogen and oxygen atoms in total. The van der Waals surface area contributed by atoms with Crippen molar-refractivity contribution in [3.05, 3.63) is 59.9 Å². The fourth-order valence-corrected chi connectivity index (χ4v) is 2.34. The standard InChI is InChI=1S/C20H22O6/c1-24-17-12-15(13-18(25-2)20(17)23)4-3-11-26-19(22)10-7-14-5-8-16(21)9-6-14/h3-5,7-10,12-14,21,23H,6,11H2,1-2H3/b4-3+,10-7+/t14-/m1/s1. The maximum atomic E-state index is 11.7. The van der Waals surface area contributed by atoms with Gasteiger partial charge in [-0.3, -0.25) is 0 Å². The van der Waals surface area contributed by atoms with Crippen molar-refractivity contribution in [2.75, 3.05) is 20.8 Å². The molecule has 2 N–H and O–H groups in total. The molecule has 1 aliphatic rings. The van der Waals surface area contributed by atoms with Crippen molar-refractivity contribution < 1.29 is 29.2 Å². The molecular weight excluding hydrogens is 336 g/mol. The zero-order chi connectivity index (χ0) is 18.9. The lowest BCUT2D eigenvalue weighted by molar-refractivity contribution is -0.136. The first-order chi connectivity index (χ1) is 12.5. The van der Waals surface area contributed by atoms with E-state index >= 15 is 0 Å². The molecule has 0 fully saturated rings. The van der Waals surface area contributed by atoms with Crippen LogP contribution in [-0.2, 0) is 9.53 Å². The number of aliphatic hydroxyl groups is 1. The molecule has 0 aliphatic heterocycles. The average molecular weight is 358 g/mol. The highest BCUT2D eigenvalue weighted by Gasteiger charge is 2.10. The van der Waals surface area contributed by atoms with Gasteiger partial charge in [0.2, 0.25) is 5.75 Å². The first-order valence-electron chi connectivity index (χ1n) is 8.07. The number of methoxy groups -OCH3 is 2. The van der Waals surface area contributed by atoms with Crippen molar-refractivity contribution in [3.63, 3.8) is 0 Å². The Balaban J connectivity index is 1.85. The number of aromatic hydroxyl groups is 1. The highest BCUT2D eigenvalue weighted by molar-refractivity contribution is 5.82. The Labute approximate surface area is 152 Å². The maximum absolute atomic E-state index is 11.7. The van der Waals surface area contributed by atoms with Crippen molar-refractivity contribution in [2.24, 2.45) is 5.92 Å². The van der Waals surface area contributed by atoms with Crippen molar-refractivity contribution >= 4 is 12.0 Å². The maximum Gasteiger partial charge on any atom is 0.330 e. The topological polar surface area (TPSA) is 85.2 Å². The number of hydrogen-bond donors (Lipinski definition) is 2. The molecule has 0 radical (unpaired) electrons. The van der Waals surface area contributed by atoms with E-state index < -0.39 is 5.97 Å². The minimum atomic E-state index is -0.442. The normalized spacial score (nSPS) is 16.7. The Morgan fingerprint density at radius 1 is 1.23 bits per heavy atom. The molecule has 1 aromatic rings. The van der Waals surface area contributed by atoms with Crippen LogP contribution in [0.25, 0.3) is 6.08 Å². The fraction of sp³-hybridized carbons (Fsp3) is 0.250. The lowest BCUT2D eigenvalue weighted by atomic mass is 10.00. The Morgan fingerprint density at radius 2 is 1.92 bits per heavy atom. The summed E-state index contributed by atoms with van der Waals surface area (Å²) in [6.07, 6.45) is 12.3. The third-order valence-corrected chi connectivity index (χ3v) is 3.73.